The fourth-order valence-corrected chi connectivity index (χ4v) is 5.21. The quantitative estimate of drug-likeness (QED) is 0.274. The first-order chi connectivity index (χ1) is 17.8. The van der Waals surface area contributed by atoms with E-state index in [2.05, 4.69) is 68.7 Å². The molecule has 5 nitrogen and oxygen atoms in total. The summed E-state index contributed by atoms with van der Waals surface area (Å²) < 4.78 is 2.32. The maximum absolute atomic E-state index is 14.0. The fourth-order valence-electron chi connectivity index (χ4n) is 5.21. The highest BCUT2D eigenvalue weighted by Gasteiger charge is 2.33. The van der Waals surface area contributed by atoms with Gasteiger partial charge in [0, 0.05) is 18.7 Å². The number of rotatable bonds is 10. The number of fused-ring (bicyclic) bond motifs is 1. The Morgan fingerprint density at radius 1 is 1.00 bits per heavy atom. The summed E-state index contributed by atoms with van der Waals surface area (Å²) >= 11 is 0. The van der Waals surface area contributed by atoms with E-state index in [0.29, 0.717) is 25.2 Å². The predicted octanol–water partition coefficient (Wildman–Crippen LogP) is 6.45. The molecule has 0 aliphatic rings. The lowest BCUT2D eigenvalue weighted by atomic mass is 9.99. The molecule has 1 heterocycles. The molecule has 0 aliphatic heterocycles. The van der Waals surface area contributed by atoms with Gasteiger partial charge in [-0.1, -0.05) is 74.9 Å². The van der Waals surface area contributed by atoms with Crippen LogP contribution in [-0.4, -0.2) is 33.4 Å². The van der Waals surface area contributed by atoms with Crippen LogP contribution in [0.1, 0.15) is 71.7 Å². The van der Waals surface area contributed by atoms with Gasteiger partial charge >= 0.3 is 0 Å². The van der Waals surface area contributed by atoms with Crippen LogP contribution in [0.2, 0.25) is 0 Å². The molecule has 5 heteroatoms. The Labute approximate surface area is 221 Å². The zero-order chi connectivity index (χ0) is 26.5. The minimum Gasteiger partial charge on any atom is -0.330 e. The molecule has 37 heavy (non-hydrogen) atoms. The van der Waals surface area contributed by atoms with Crippen LogP contribution >= 0.6 is 0 Å². The average molecular weight is 497 g/mol. The summed E-state index contributed by atoms with van der Waals surface area (Å²) in [5, 5.41) is 0. The van der Waals surface area contributed by atoms with E-state index in [4.69, 9.17) is 10.7 Å². The molecule has 0 unspecified atom stereocenters. The third kappa shape index (κ3) is 5.62. The van der Waals surface area contributed by atoms with Gasteiger partial charge in [-0.25, -0.2) is 4.98 Å². The Morgan fingerprint density at radius 3 is 2.32 bits per heavy atom. The van der Waals surface area contributed by atoms with Crippen molar-refractivity contribution in [3.63, 3.8) is 0 Å². The molecule has 0 saturated carbocycles. The van der Waals surface area contributed by atoms with E-state index in [1.54, 1.807) is 0 Å². The number of carbonyl (C=O) groups is 1. The van der Waals surface area contributed by atoms with Crippen LogP contribution in [0.25, 0.3) is 11.0 Å². The first-order valence-electron chi connectivity index (χ1n) is 13.5. The van der Waals surface area contributed by atoms with Crippen LogP contribution in [0, 0.1) is 19.8 Å². The van der Waals surface area contributed by atoms with Gasteiger partial charge in [-0.3, -0.25) is 4.79 Å². The fraction of sp³-hybridized carbons (Fsp3) is 0.375. The molecular formula is C32H40N4O. The number of aromatic nitrogens is 2. The van der Waals surface area contributed by atoms with Gasteiger partial charge in [-0.15, -0.1) is 0 Å². The van der Waals surface area contributed by atoms with Crippen molar-refractivity contribution in [2.45, 2.75) is 60.0 Å². The van der Waals surface area contributed by atoms with Crippen LogP contribution in [0.3, 0.4) is 0 Å². The van der Waals surface area contributed by atoms with Crippen LogP contribution in [0.5, 0.6) is 0 Å². The molecule has 194 valence electrons. The summed E-state index contributed by atoms with van der Waals surface area (Å²) in [5.41, 5.74) is 13.6. The molecular weight excluding hydrogens is 456 g/mol. The molecule has 0 radical (unpaired) electrons. The zero-order valence-corrected chi connectivity index (χ0v) is 22.9. The minimum absolute atomic E-state index is 0.0245. The van der Waals surface area contributed by atoms with E-state index >= 15 is 0 Å². The van der Waals surface area contributed by atoms with Crippen molar-refractivity contribution in [3.05, 3.63) is 100 Å². The Bertz CT molecular complexity index is 1340. The van der Waals surface area contributed by atoms with Crippen LogP contribution in [0.15, 0.2) is 66.7 Å². The third-order valence-electron chi connectivity index (χ3n) is 7.27. The highest BCUT2D eigenvalue weighted by molar-refractivity contribution is 5.94. The second kappa shape index (κ2) is 11.7. The van der Waals surface area contributed by atoms with Gasteiger partial charge in [0.15, 0.2) is 0 Å². The molecule has 0 bridgehead atoms. The van der Waals surface area contributed by atoms with Crippen molar-refractivity contribution in [3.8, 4) is 0 Å². The van der Waals surface area contributed by atoms with E-state index in [9.17, 15) is 4.79 Å². The normalized spacial score (nSPS) is 12.3. The number of imidazole rings is 1. The Hall–Kier alpha value is -3.44. The Balaban J connectivity index is 1.90. The SMILES string of the molecule is CCc1ccc2c(nc([C@@H](C(C)C)N(CCCN)C(=O)c3ccc(C)cc3)n2Cc2ccccc2)c1C. The number of hydrogen-bond acceptors (Lipinski definition) is 3. The first kappa shape index (κ1) is 26.6. The van der Waals surface area contributed by atoms with Crippen molar-refractivity contribution in [1.29, 1.82) is 0 Å². The van der Waals surface area contributed by atoms with E-state index in [1.165, 1.54) is 16.7 Å². The van der Waals surface area contributed by atoms with Crippen molar-refractivity contribution < 1.29 is 4.79 Å². The topological polar surface area (TPSA) is 64.2 Å². The maximum Gasteiger partial charge on any atom is 0.254 e. The molecule has 4 aromatic rings. The largest absolute Gasteiger partial charge is 0.330 e. The number of nitrogens with two attached hydrogens (primary N) is 1. The molecule has 1 atom stereocenters. The standard InChI is InChI=1S/C32H40N4O/c1-6-26-17-18-28-29(24(26)5)34-31(36(28)21-25-11-8-7-9-12-25)30(22(2)3)35(20-10-19-33)32(37)27-15-13-23(4)14-16-27/h7-9,11-18,22,30H,6,10,19-21,33H2,1-5H3/t30-/m1/s1. The summed E-state index contributed by atoms with van der Waals surface area (Å²) in [5.74, 6) is 1.11. The third-order valence-corrected chi connectivity index (χ3v) is 7.27. The first-order valence-corrected chi connectivity index (χ1v) is 13.5. The summed E-state index contributed by atoms with van der Waals surface area (Å²) in [7, 11) is 0. The molecule has 0 spiro atoms. The van der Waals surface area contributed by atoms with Crippen molar-refractivity contribution in [2.24, 2.45) is 11.7 Å². The second-order valence-corrected chi connectivity index (χ2v) is 10.3. The zero-order valence-electron chi connectivity index (χ0n) is 22.9. The van der Waals surface area contributed by atoms with Gasteiger partial charge in [0.05, 0.1) is 17.1 Å². The summed E-state index contributed by atoms with van der Waals surface area (Å²) in [6, 6.07) is 22.6. The van der Waals surface area contributed by atoms with Crippen LogP contribution < -0.4 is 5.73 Å². The minimum atomic E-state index is -0.194. The van der Waals surface area contributed by atoms with Crippen LogP contribution in [0.4, 0.5) is 0 Å². The summed E-state index contributed by atoms with van der Waals surface area (Å²) in [4.78, 5) is 21.3. The molecule has 0 fully saturated rings. The number of benzene rings is 3. The molecule has 2 N–H and O–H groups in total. The van der Waals surface area contributed by atoms with E-state index in [1.807, 2.05) is 42.2 Å². The predicted molar refractivity (Wildman–Crippen MR) is 153 cm³/mol. The molecule has 4 rings (SSSR count). The average Bonchev–Trinajstić information content (AvgIpc) is 3.25. The maximum atomic E-state index is 14.0. The van der Waals surface area contributed by atoms with Gasteiger partial charge < -0.3 is 15.2 Å². The molecule has 1 aromatic heterocycles. The molecule has 0 saturated heterocycles. The van der Waals surface area contributed by atoms with Gasteiger partial charge in [-0.2, -0.15) is 0 Å². The van der Waals surface area contributed by atoms with E-state index in [0.717, 1.165) is 35.3 Å². The number of aryl methyl sites for hydroxylation is 3. The lowest BCUT2D eigenvalue weighted by molar-refractivity contribution is 0.0605. The Morgan fingerprint density at radius 2 is 1.70 bits per heavy atom. The highest BCUT2D eigenvalue weighted by Crippen LogP contribution is 2.34. The summed E-state index contributed by atoms with van der Waals surface area (Å²) in [6.45, 7) is 12.6. The lowest BCUT2D eigenvalue weighted by Crippen LogP contribution is -2.40. The van der Waals surface area contributed by atoms with Crippen LogP contribution in [-0.2, 0) is 13.0 Å². The van der Waals surface area contributed by atoms with E-state index in [-0.39, 0.29) is 17.9 Å². The van der Waals surface area contributed by atoms with Gasteiger partial charge in [0.25, 0.3) is 5.91 Å². The van der Waals surface area contributed by atoms with Crippen molar-refractivity contribution in [1.82, 2.24) is 14.5 Å². The van der Waals surface area contributed by atoms with Gasteiger partial charge in [0.2, 0.25) is 0 Å². The molecule has 3 aromatic carbocycles. The summed E-state index contributed by atoms with van der Waals surface area (Å²) in [6.07, 6.45) is 1.70. The molecule has 0 aliphatic carbocycles. The van der Waals surface area contributed by atoms with E-state index < -0.39 is 0 Å². The molecule has 1 amide bonds. The number of nitrogens with zero attached hydrogens (tertiary/aromatic N) is 3. The number of hydrogen-bond donors (Lipinski definition) is 1. The van der Waals surface area contributed by atoms with Crippen molar-refractivity contribution >= 4 is 16.9 Å². The van der Waals surface area contributed by atoms with Crippen molar-refractivity contribution in [2.75, 3.05) is 13.1 Å². The van der Waals surface area contributed by atoms with Gasteiger partial charge in [0.1, 0.15) is 5.82 Å². The highest BCUT2D eigenvalue weighted by atomic mass is 16.2. The number of carbonyl (C=O) groups excluding carboxylic acids is 1. The lowest BCUT2D eigenvalue weighted by Gasteiger charge is -2.34. The monoisotopic (exact) mass is 496 g/mol. The van der Waals surface area contributed by atoms with Gasteiger partial charge in [-0.05, 0) is 74.0 Å². The Kier molecular flexibility index (Phi) is 8.45. The second-order valence-electron chi connectivity index (χ2n) is 10.3. The smallest absolute Gasteiger partial charge is 0.254 e. The number of amides is 1.